The molecule has 0 spiro atoms. The molecule has 35 heavy (non-hydrogen) atoms. The molecule has 0 atom stereocenters. The first-order chi connectivity index (χ1) is 16.8. The van der Waals surface area contributed by atoms with Crippen LogP contribution < -0.4 is 4.74 Å². The van der Waals surface area contributed by atoms with Crippen LogP contribution in [0.15, 0.2) is 63.0 Å². The lowest BCUT2D eigenvalue weighted by molar-refractivity contribution is -0.385. The van der Waals surface area contributed by atoms with Crippen LogP contribution in [-0.2, 0) is 4.79 Å². The fourth-order valence-electron chi connectivity index (χ4n) is 3.30. The van der Waals surface area contributed by atoms with Crippen LogP contribution in [0.2, 0.25) is 5.02 Å². The van der Waals surface area contributed by atoms with Crippen molar-refractivity contribution >= 4 is 41.1 Å². The first-order valence-electron chi connectivity index (χ1n) is 10.00. The van der Waals surface area contributed by atoms with Gasteiger partial charge >= 0.3 is 5.97 Å². The van der Waals surface area contributed by atoms with E-state index in [0.717, 1.165) is 11.8 Å². The largest absolute Gasteiger partial charge is 0.496 e. The minimum Gasteiger partial charge on any atom is -0.496 e. The molecule has 0 radical (unpaired) electrons. The number of aromatic nitrogens is 3. The third-order valence-corrected chi connectivity index (χ3v) is 6.07. The van der Waals surface area contributed by atoms with E-state index in [9.17, 15) is 20.0 Å². The van der Waals surface area contributed by atoms with Gasteiger partial charge in [0.25, 0.3) is 5.69 Å². The predicted molar refractivity (Wildman–Crippen MR) is 130 cm³/mol. The van der Waals surface area contributed by atoms with E-state index in [2.05, 4.69) is 15.2 Å². The summed E-state index contributed by atoms with van der Waals surface area (Å²) >= 11 is 6.90. The van der Waals surface area contributed by atoms with Gasteiger partial charge < -0.3 is 14.3 Å². The molecule has 12 heteroatoms. The lowest BCUT2D eigenvalue weighted by Gasteiger charge is -2.05. The van der Waals surface area contributed by atoms with Gasteiger partial charge in [0.2, 0.25) is 5.16 Å². The van der Waals surface area contributed by atoms with Crippen molar-refractivity contribution in [1.29, 1.82) is 0 Å². The van der Waals surface area contributed by atoms with E-state index in [0.29, 0.717) is 39.0 Å². The van der Waals surface area contributed by atoms with Gasteiger partial charge in [0, 0.05) is 28.3 Å². The minimum absolute atomic E-state index is 0.0329. The number of nitrogens with one attached hydrogen (secondary N) is 1. The molecule has 2 heterocycles. The van der Waals surface area contributed by atoms with Crippen LogP contribution in [0.25, 0.3) is 28.8 Å². The first-order valence-corrected chi connectivity index (χ1v) is 11.2. The van der Waals surface area contributed by atoms with Gasteiger partial charge in [0.05, 0.1) is 17.6 Å². The number of nitro groups is 1. The molecule has 178 valence electrons. The number of aromatic amines is 1. The van der Waals surface area contributed by atoms with Crippen LogP contribution in [-0.4, -0.2) is 38.3 Å². The van der Waals surface area contributed by atoms with Crippen molar-refractivity contribution in [3.05, 3.63) is 79.9 Å². The number of aliphatic carboxylic acids is 1. The first kappa shape index (κ1) is 24.0. The Hall–Kier alpha value is -4.09. The van der Waals surface area contributed by atoms with Gasteiger partial charge in [-0.25, -0.2) is 9.78 Å². The number of benzene rings is 2. The Labute approximate surface area is 207 Å². The Bertz CT molecular complexity index is 1460. The van der Waals surface area contributed by atoms with Gasteiger partial charge in [0.1, 0.15) is 22.2 Å². The third kappa shape index (κ3) is 5.20. The summed E-state index contributed by atoms with van der Waals surface area (Å²) in [4.78, 5) is 26.9. The SMILES string of the molecule is COc1ccc(Cl)cc1-c1nc(S/C(=C\c2ccc(-c3cccc([N+](=O)[O-])c3C)o2)C(=O)O)n[nH]1. The molecule has 4 aromatic rings. The summed E-state index contributed by atoms with van der Waals surface area (Å²) in [5.74, 6) is 0.309. The fourth-order valence-corrected chi connectivity index (χ4v) is 4.16. The zero-order chi connectivity index (χ0) is 25.1. The highest BCUT2D eigenvalue weighted by molar-refractivity contribution is 8.04. The molecule has 0 aliphatic heterocycles. The summed E-state index contributed by atoms with van der Waals surface area (Å²) in [6.07, 6.45) is 1.33. The molecule has 0 fully saturated rings. The highest BCUT2D eigenvalue weighted by atomic mass is 35.5. The number of carboxylic acids is 1. The summed E-state index contributed by atoms with van der Waals surface area (Å²) in [7, 11) is 1.51. The molecule has 0 saturated heterocycles. The molecule has 2 N–H and O–H groups in total. The van der Waals surface area contributed by atoms with Gasteiger partial charge in [-0.3, -0.25) is 15.2 Å². The van der Waals surface area contributed by atoms with Crippen molar-refractivity contribution in [1.82, 2.24) is 15.2 Å². The number of nitrogens with zero attached hydrogens (tertiary/aromatic N) is 3. The van der Waals surface area contributed by atoms with Crippen LogP contribution in [0, 0.1) is 17.0 Å². The average Bonchev–Trinajstić information content (AvgIpc) is 3.48. The van der Waals surface area contributed by atoms with Crippen molar-refractivity contribution in [2.45, 2.75) is 12.1 Å². The average molecular weight is 513 g/mol. The molecule has 2 aromatic heterocycles. The molecule has 0 aliphatic carbocycles. The van der Waals surface area contributed by atoms with Crippen molar-refractivity contribution in [3.8, 4) is 28.5 Å². The van der Waals surface area contributed by atoms with Gasteiger partial charge in [-0.2, -0.15) is 0 Å². The molecule has 0 aliphatic rings. The summed E-state index contributed by atoms with van der Waals surface area (Å²) < 4.78 is 11.1. The quantitative estimate of drug-likeness (QED) is 0.129. The Morgan fingerprint density at radius 3 is 2.77 bits per heavy atom. The Morgan fingerprint density at radius 1 is 1.26 bits per heavy atom. The number of carboxylic acid groups (broad SMARTS) is 1. The van der Waals surface area contributed by atoms with Gasteiger partial charge in [-0.15, -0.1) is 5.10 Å². The minimum atomic E-state index is -1.20. The lowest BCUT2D eigenvalue weighted by Crippen LogP contribution is -1.97. The second-order valence-electron chi connectivity index (χ2n) is 7.14. The van der Waals surface area contributed by atoms with E-state index in [1.165, 1.54) is 19.3 Å². The van der Waals surface area contributed by atoms with Crippen LogP contribution in [0.5, 0.6) is 5.75 Å². The molecule has 4 rings (SSSR count). The maximum atomic E-state index is 11.9. The number of methoxy groups -OCH3 is 1. The number of nitro benzene ring substituents is 1. The molecule has 10 nitrogen and oxygen atoms in total. The lowest BCUT2D eigenvalue weighted by atomic mass is 10.1. The zero-order valence-electron chi connectivity index (χ0n) is 18.3. The molecule has 0 saturated carbocycles. The Kier molecular flexibility index (Phi) is 6.90. The van der Waals surface area contributed by atoms with E-state index in [1.54, 1.807) is 49.4 Å². The number of hydrogen-bond acceptors (Lipinski definition) is 8. The van der Waals surface area contributed by atoms with Crippen molar-refractivity contribution in [3.63, 3.8) is 0 Å². The molecule has 0 bridgehead atoms. The summed E-state index contributed by atoms with van der Waals surface area (Å²) in [5.41, 5.74) is 1.52. The number of thioether (sulfide) groups is 1. The molecular formula is C23H17ClN4O6S. The molecule has 0 unspecified atom stereocenters. The van der Waals surface area contributed by atoms with E-state index >= 15 is 0 Å². The molecule has 0 amide bonds. The number of ether oxygens (including phenoxy) is 1. The van der Waals surface area contributed by atoms with Gasteiger partial charge in [-0.05, 0) is 49.0 Å². The van der Waals surface area contributed by atoms with Crippen molar-refractivity contribution < 1.29 is 24.0 Å². The van der Waals surface area contributed by atoms with Crippen LogP contribution in [0.4, 0.5) is 5.69 Å². The monoisotopic (exact) mass is 512 g/mol. The number of hydrogen-bond donors (Lipinski definition) is 2. The third-order valence-electron chi connectivity index (χ3n) is 4.96. The van der Waals surface area contributed by atoms with Gasteiger partial charge in [0.15, 0.2) is 5.82 Å². The number of H-pyrrole nitrogens is 1. The number of halogens is 1. The Balaban J connectivity index is 1.61. The molecule has 2 aromatic carbocycles. The Morgan fingerprint density at radius 2 is 2.06 bits per heavy atom. The molecular weight excluding hydrogens is 496 g/mol. The summed E-state index contributed by atoms with van der Waals surface area (Å²) in [6, 6.07) is 12.9. The van der Waals surface area contributed by atoms with Crippen LogP contribution in [0.1, 0.15) is 11.3 Å². The topological polar surface area (TPSA) is 144 Å². The van der Waals surface area contributed by atoms with Crippen LogP contribution in [0.3, 0.4) is 0 Å². The summed E-state index contributed by atoms with van der Waals surface area (Å²) in [5, 5.41) is 28.4. The maximum Gasteiger partial charge on any atom is 0.342 e. The zero-order valence-corrected chi connectivity index (χ0v) is 19.9. The predicted octanol–water partition coefficient (Wildman–Crippen LogP) is 5.83. The highest BCUT2D eigenvalue weighted by Gasteiger charge is 2.19. The van der Waals surface area contributed by atoms with Crippen molar-refractivity contribution in [2.75, 3.05) is 7.11 Å². The highest BCUT2D eigenvalue weighted by Crippen LogP contribution is 2.34. The second kappa shape index (κ2) is 10.0. The normalized spacial score (nSPS) is 11.5. The van der Waals surface area contributed by atoms with E-state index in [-0.39, 0.29) is 21.5 Å². The van der Waals surface area contributed by atoms with Crippen molar-refractivity contribution in [2.24, 2.45) is 0 Å². The second-order valence-corrected chi connectivity index (χ2v) is 8.58. The standard InChI is InChI=1S/C23H17ClN4O6S/c1-12-15(4-3-5-17(12)28(31)32)19-9-7-14(34-19)11-20(22(29)30)35-23-25-21(26-27-23)16-10-13(24)6-8-18(16)33-2/h3-11H,1-2H3,(H,29,30)(H,25,26,27)/b20-11-. The maximum absolute atomic E-state index is 11.9. The smallest absolute Gasteiger partial charge is 0.342 e. The van der Waals surface area contributed by atoms with E-state index < -0.39 is 10.9 Å². The van der Waals surface area contributed by atoms with Crippen LogP contribution >= 0.6 is 23.4 Å². The van der Waals surface area contributed by atoms with E-state index in [4.69, 9.17) is 20.8 Å². The number of carbonyl (C=O) groups is 1. The number of rotatable bonds is 8. The summed E-state index contributed by atoms with van der Waals surface area (Å²) in [6.45, 7) is 1.62. The van der Waals surface area contributed by atoms with Gasteiger partial charge in [-0.1, -0.05) is 23.7 Å². The van der Waals surface area contributed by atoms with E-state index in [1.807, 2.05) is 0 Å². The number of furan rings is 1. The fraction of sp³-hybridized carbons (Fsp3) is 0.0870.